The molecule has 0 aliphatic carbocycles. The fourth-order valence-electron chi connectivity index (χ4n) is 1.62. The Bertz CT molecular complexity index is 482. The first-order valence-corrected chi connectivity index (χ1v) is 6.70. The Hall–Kier alpha value is -2.06. The number of hydrogen-bond acceptors (Lipinski definition) is 4. The molecule has 0 aliphatic rings. The molecular weight excluding hydrogens is 256 g/mol. The zero-order chi connectivity index (χ0) is 15.0. The summed E-state index contributed by atoms with van der Waals surface area (Å²) in [4.78, 5) is 11.8. The second-order valence-electron chi connectivity index (χ2n) is 4.51. The first-order chi connectivity index (χ1) is 9.58. The van der Waals surface area contributed by atoms with E-state index in [0.717, 1.165) is 0 Å². The summed E-state index contributed by atoms with van der Waals surface area (Å²) in [7, 11) is 0. The Morgan fingerprint density at radius 2 is 2.20 bits per heavy atom. The molecule has 2 unspecified atom stereocenters. The molecular formula is C15H20N2O3. The molecule has 20 heavy (non-hydrogen) atoms. The van der Waals surface area contributed by atoms with Gasteiger partial charge in [0.2, 0.25) is 0 Å². The molecule has 108 valence electrons. The summed E-state index contributed by atoms with van der Waals surface area (Å²) in [6.45, 7) is 3.91. The van der Waals surface area contributed by atoms with E-state index in [4.69, 9.17) is 10.00 Å². The van der Waals surface area contributed by atoms with Crippen molar-refractivity contribution < 1.29 is 14.6 Å². The number of nitriles is 1. The summed E-state index contributed by atoms with van der Waals surface area (Å²) in [5.74, 6) is 0.132. The Morgan fingerprint density at radius 3 is 2.85 bits per heavy atom. The molecule has 2 N–H and O–H groups in total. The summed E-state index contributed by atoms with van der Waals surface area (Å²) < 4.78 is 5.48. The molecule has 1 rings (SSSR count). The van der Waals surface area contributed by atoms with E-state index in [1.54, 1.807) is 31.2 Å². The van der Waals surface area contributed by atoms with Gasteiger partial charge in [-0.1, -0.05) is 19.1 Å². The maximum atomic E-state index is 11.8. The van der Waals surface area contributed by atoms with Crippen LogP contribution in [0.25, 0.3) is 0 Å². The van der Waals surface area contributed by atoms with Gasteiger partial charge >= 0.3 is 0 Å². The lowest BCUT2D eigenvalue weighted by Crippen LogP contribution is -2.37. The Kier molecular flexibility index (Phi) is 6.54. The van der Waals surface area contributed by atoms with Crippen LogP contribution in [0.15, 0.2) is 24.3 Å². The van der Waals surface area contributed by atoms with Gasteiger partial charge in [0, 0.05) is 6.54 Å². The van der Waals surface area contributed by atoms with Gasteiger partial charge < -0.3 is 15.2 Å². The highest BCUT2D eigenvalue weighted by molar-refractivity contribution is 5.80. The molecule has 0 aromatic heterocycles. The smallest absolute Gasteiger partial charge is 0.260 e. The van der Waals surface area contributed by atoms with Crippen LogP contribution in [0, 0.1) is 11.3 Å². The molecule has 0 saturated carbocycles. The predicted octanol–water partition coefficient (Wildman–Crippen LogP) is 1.60. The Morgan fingerprint density at radius 1 is 1.50 bits per heavy atom. The third-order valence-corrected chi connectivity index (χ3v) is 2.93. The molecule has 5 nitrogen and oxygen atoms in total. The lowest BCUT2D eigenvalue weighted by molar-refractivity contribution is -0.127. The minimum absolute atomic E-state index is 0.263. The number of nitrogens with one attached hydrogen (secondary N) is 1. The van der Waals surface area contributed by atoms with Gasteiger partial charge in [-0.05, 0) is 31.9 Å². The van der Waals surface area contributed by atoms with Crippen LogP contribution in [-0.2, 0) is 4.79 Å². The van der Waals surface area contributed by atoms with Crippen molar-refractivity contribution in [3.63, 3.8) is 0 Å². The number of carbonyl (C=O) groups is 1. The quantitative estimate of drug-likeness (QED) is 0.792. The molecule has 0 fully saturated rings. The lowest BCUT2D eigenvalue weighted by Gasteiger charge is -2.16. The highest BCUT2D eigenvalue weighted by Gasteiger charge is 2.16. The molecule has 0 heterocycles. The van der Waals surface area contributed by atoms with E-state index in [-0.39, 0.29) is 5.91 Å². The van der Waals surface area contributed by atoms with E-state index in [0.29, 0.717) is 30.7 Å². The number of nitrogens with zero attached hydrogens (tertiary/aromatic N) is 1. The topological polar surface area (TPSA) is 82.3 Å². The minimum Gasteiger partial charge on any atom is -0.480 e. The third kappa shape index (κ3) is 4.90. The molecule has 0 aliphatic heterocycles. The fraction of sp³-hybridized carbons (Fsp3) is 0.467. The van der Waals surface area contributed by atoms with Crippen LogP contribution < -0.4 is 10.1 Å². The number of benzene rings is 1. The number of aliphatic hydroxyl groups is 1. The van der Waals surface area contributed by atoms with Crippen molar-refractivity contribution in [1.82, 2.24) is 5.32 Å². The zero-order valence-electron chi connectivity index (χ0n) is 11.8. The Balaban J connectivity index is 2.48. The van der Waals surface area contributed by atoms with Crippen LogP contribution >= 0.6 is 0 Å². The number of rotatable bonds is 7. The van der Waals surface area contributed by atoms with Crippen LogP contribution in [0.2, 0.25) is 0 Å². The zero-order valence-corrected chi connectivity index (χ0v) is 11.8. The van der Waals surface area contributed by atoms with Crippen LogP contribution in [0.5, 0.6) is 5.75 Å². The Labute approximate surface area is 119 Å². The molecule has 0 saturated heterocycles. The van der Waals surface area contributed by atoms with Gasteiger partial charge in [-0.15, -0.1) is 0 Å². The van der Waals surface area contributed by atoms with Gasteiger partial charge in [0.15, 0.2) is 6.10 Å². The minimum atomic E-state index is -0.691. The van der Waals surface area contributed by atoms with Crippen molar-refractivity contribution >= 4 is 5.91 Å². The molecule has 1 aromatic rings. The third-order valence-electron chi connectivity index (χ3n) is 2.93. The maximum Gasteiger partial charge on any atom is 0.260 e. The number of hydrogen-bond donors (Lipinski definition) is 2. The number of carbonyl (C=O) groups excluding carboxylic acids is 1. The van der Waals surface area contributed by atoms with Gasteiger partial charge in [0.1, 0.15) is 11.8 Å². The number of amides is 1. The van der Waals surface area contributed by atoms with E-state index in [1.807, 2.05) is 13.0 Å². The van der Waals surface area contributed by atoms with Crippen molar-refractivity contribution in [3.8, 4) is 11.8 Å². The normalized spacial score (nSPS) is 13.1. The molecule has 1 amide bonds. The predicted molar refractivity (Wildman–Crippen MR) is 75.2 cm³/mol. The maximum absolute atomic E-state index is 11.8. The molecule has 0 bridgehead atoms. The molecule has 5 heteroatoms. The summed E-state index contributed by atoms with van der Waals surface area (Å²) in [6, 6.07) is 8.79. The van der Waals surface area contributed by atoms with E-state index in [1.165, 1.54) is 0 Å². The van der Waals surface area contributed by atoms with Gasteiger partial charge in [0.05, 0.1) is 11.7 Å². The van der Waals surface area contributed by atoms with Crippen LogP contribution in [-0.4, -0.2) is 29.8 Å². The SMILES string of the molecule is CCC(O)CCNC(=O)C(C)Oc1ccccc1C#N. The van der Waals surface area contributed by atoms with Crippen LogP contribution in [0.3, 0.4) is 0 Å². The number of para-hydroxylation sites is 1. The van der Waals surface area contributed by atoms with E-state index < -0.39 is 12.2 Å². The average Bonchev–Trinajstić information content (AvgIpc) is 2.47. The van der Waals surface area contributed by atoms with Gasteiger partial charge in [-0.25, -0.2) is 0 Å². The first kappa shape index (κ1) is 16.0. The van der Waals surface area contributed by atoms with Crippen LogP contribution in [0.1, 0.15) is 32.3 Å². The van der Waals surface area contributed by atoms with Crippen molar-refractivity contribution in [1.29, 1.82) is 5.26 Å². The van der Waals surface area contributed by atoms with Gasteiger partial charge in [0.25, 0.3) is 5.91 Å². The standard InChI is InChI=1S/C15H20N2O3/c1-3-13(18)8-9-17-15(19)11(2)20-14-7-5-4-6-12(14)10-16/h4-7,11,13,18H,3,8-9H2,1-2H3,(H,17,19). The van der Waals surface area contributed by atoms with Crippen LogP contribution in [0.4, 0.5) is 0 Å². The second-order valence-corrected chi connectivity index (χ2v) is 4.51. The molecule has 1 aromatic carbocycles. The summed E-state index contributed by atoms with van der Waals surface area (Å²) in [5, 5.41) is 21.0. The summed E-state index contributed by atoms with van der Waals surface area (Å²) in [6.07, 6.45) is 0.0930. The largest absolute Gasteiger partial charge is 0.480 e. The van der Waals surface area contributed by atoms with Gasteiger partial charge in [-0.2, -0.15) is 5.26 Å². The monoisotopic (exact) mass is 276 g/mol. The number of ether oxygens (including phenoxy) is 1. The van der Waals surface area contributed by atoms with Crippen molar-refractivity contribution in [2.24, 2.45) is 0 Å². The summed E-state index contributed by atoms with van der Waals surface area (Å²) in [5.41, 5.74) is 0.397. The van der Waals surface area contributed by atoms with E-state index in [2.05, 4.69) is 5.32 Å². The van der Waals surface area contributed by atoms with Crippen molar-refractivity contribution in [2.75, 3.05) is 6.54 Å². The fourth-order valence-corrected chi connectivity index (χ4v) is 1.62. The average molecular weight is 276 g/mol. The molecule has 2 atom stereocenters. The van der Waals surface area contributed by atoms with Crippen molar-refractivity contribution in [3.05, 3.63) is 29.8 Å². The second kappa shape index (κ2) is 8.18. The van der Waals surface area contributed by atoms with E-state index >= 15 is 0 Å². The van der Waals surface area contributed by atoms with Gasteiger partial charge in [-0.3, -0.25) is 4.79 Å². The summed E-state index contributed by atoms with van der Waals surface area (Å²) >= 11 is 0. The molecule has 0 radical (unpaired) electrons. The lowest BCUT2D eigenvalue weighted by atomic mass is 10.2. The van der Waals surface area contributed by atoms with E-state index in [9.17, 15) is 9.90 Å². The van der Waals surface area contributed by atoms with Crippen molar-refractivity contribution in [2.45, 2.75) is 38.9 Å². The molecule has 0 spiro atoms. The first-order valence-electron chi connectivity index (χ1n) is 6.70. The number of aliphatic hydroxyl groups excluding tert-OH is 1. The highest BCUT2D eigenvalue weighted by atomic mass is 16.5. The highest BCUT2D eigenvalue weighted by Crippen LogP contribution is 2.18.